The summed E-state index contributed by atoms with van der Waals surface area (Å²) in [6.45, 7) is 3.12. The predicted octanol–water partition coefficient (Wildman–Crippen LogP) is 3.81. The van der Waals surface area contributed by atoms with Crippen molar-refractivity contribution in [1.82, 2.24) is 14.5 Å². The van der Waals surface area contributed by atoms with E-state index >= 15 is 0 Å². The molecule has 3 heterocycles. The number of fused-ring (bicyclic) bond motifs is 2. The summed E-state index contributed by atoms with van der Waals surface area (Å²) in [6.07, 6.45) is 1.19. The molecule has 2 aromatic carbocycles. The lowest BCUT2D eigenvalue weighted by Crippen LogP contribution is -2.38. The molecule has 0 aliphatic carbocycles. The van der Waals surface area contributed by atoms with Crippen LogP contribution in [0.5, 0.6) is 5.75 Å². The summed E-state index contributed by atoms with van der Waals surface area (Å²) >= 11 is 0. The minimum Gasteiger partial charge on any atom is -0.496 e. The number of rotatable bonds is 5. The molecule has 2 aromatic heterocycles. The van der Waals surface area contributed by atoms with Gasteiger partial charge in [0.05, 0.1) is 36.4 Å². The van der Waals surface area contributed by atoms with Gasteiger partial charge in [-0.2, -0.15) is 0 Å². The highest BCUT2D eigenvalue weighted by Gasteiger charge is 2.30. The van der Waals surface area contributed by atoms with Crippen LogP contribution in [-0.2, 0) is 28.7 Å². The third kappa shape index (κ3) is 4.07. The van der Waals surface area contributed by atoms with Crippen LogP contribution in [0.1, 0.15) is 27.5 Å². The number of furan rings is 1. The Balaban J connectivity index is 1.53. The number of benzene rings is 2. The van der Waals surface area contributed by atoms with E-state index in [1.54, 1.807) is 24.1 Å². The summed E-state index contributed by atoms with van der Waals surface area (Å²) in [5, 5.41) is 0.877. The summed E-state index contributed by atoms with van der Waals surface area (Å²) in [5.74, 6) is 1.78. The summed E-state index contributed by atoms with van der Waals surface area (Å²) in [6, 6.07) is 14.8. The quantitative estimate of drug-likeness (QED) is 0.432. The van der Waals surface area contributed by atoms with Gasteiger partial charge in [0.1, 0.15) is 22.9 Å². The molecule has 0 saturated heterocycles. The van der Waals surface area contributed by atoms with Gasteiger partial charge in [-0.05, 0) is 43.3 Å². The van der Waals surface area contributed by atoms with Crippen LogP contribution in [0.15, 0.2) is 52.9 Å². The second-order valence-corrected chi connectivity index (χ2v) is 10.7. The van der Waals surface area contributed by atoms with Crippen LogP contribution in [0.2, 0.25) is 0 Å². The fourth-order valence-corrected chi connectivity index (χ4v) is 5.23. The first-order valence-corrected chi connectivity index (χ1v) is 13.0. The molecule has 1 amide bonds. The largest absolute Gasteiger partial charge is 0.496 e. The molecular formula is C25H25N3O5S. The maximum Gasteiger partial charge on any atom is 0.254 e. The fraction of sp³-hybridized carbons (Fsp3) is 0.280. The van der Waals surface area contributed by atoms with Crippen molar-refractivity contribution in [1.29, 1.82) is 0 Å². The Kier molecular flexibility index (Phi) is 5.44. The molecule has 0 radical (unpaired) electrons. The molecule has 34 heavy (non-hydrogen) atoms. The topological polar surface area (TPSA) is 94.6 Å². The Hall–Kier alpha value is -3.59. The third-order valence-electron chi connectivity index (χ3n) is 6.01. The second-order valence-electron chi connectivity index (χ2n) is 8.59. The minimum atomic E-state index is -3.33. The molecule has 0 spiro atoms. The minimum absolute atomic E-state index is 0.114. The van der Waals surface area contributed by atoms with Crippen molar-refractivity contribution in [2.24, 2.45) is 0 Å². The third-order valence-corrected chi connectivity index (χ3v) is 6.81. The van der Waals surface area contributed by atoms with Crippen LogP contribution < -0.4 is 4.74 Å². The normalized spacial score (nSPS) is 13.8. The van der Waals surface area contributed by atoms with Crippen molar-refractivity contribution in [2.45, 2.75) is 25.8 Å². The zero-order valence-electron chi connectivity index (χ0n) is 19.2. The van der Waals surface area contributed by atoms with Crippen LogP contribution in [0.4, 0.5) is 0 Å². The van der Waals surface area contributed by atoms with Crippen molar-refractivity contribution in [3.8, 4) is 17.1 Å². The predicted molar refractivity (Wildman–Crippen MR) is 128 cm³/mol. The van der Waals surface area contributed by atoms with Gasteiger partial charge < -0.3 is 18.6 Å². The van der Waals surface area contributed by atoms with E-state index in [4.69, 9.17) is 14.1 Å². The van der Waals surface area contributed by atoms with E-state index in [0.717, 1.165) is 28.0 Å². The smallest absolute Gasteiger partial charge is 0.254 e. The van der Waals surface area contributed by atoms with Gasteiger partial charge in [0, 0.05) is 30.3 Å². The summed E-state index contributed by atoms with van der Waals surface area (Å²) < 4.78 is 37.4. The molecule has 0 unspecified atom stereocenters. The lowest BCUT2D eigenvalue weighted by atomic mass is 10.1. The van der Waals surface area contributed by atoms with Crippen molar-refractivity contribution in [3.05, 3.63) is 71.2 Å². The average molecular weight is 480 g/mol. The van der Waals surface area contributed by atoms with Crippen molar-refractivity contribution < 1.29 is 22.4 Å². The number of nitrogens with zero attached hydrogens (tertiary/aromatic N) is 3. The number of hydrogen-bond acceptors (Lipinski definition) is 6. The Morgan fingerprint density at radius 1 is 1.15 bits per heavy atom. The highest BCUT2D eigenvalue weighted by Crippen LogP contribution is 2.33. The highest BCUT2D eigenvalue weighted by atomic mass is 32.2. The molecule has 5 rings (SSSR count). The SMILES string of the molecule is COc1ccccc1-c1nc(CS(C)(=O)=O)c2n1CCN(C(=O)c1ccc3oc(C)cc3c1)C2. The van der Waals surface area contributed by atoms with Gasteiger partial charge in [-0.25, -0.2) is 13.4 Å². The number of ether oxygens (including phenoxy) is 1. The summed E-state index contributed by atoms with van der Waals surface area (Å²) in [7, 11) is -1.74. The van der Waals surface area contributed by atoms with Gasteiger partial charge in [-0.15, -0.1) is 0 Å². The van der Waals surface area contributed by atoms with E-state index in [2.05, 4.69) is 0 Å². The Morgan fingerprint density at radius 2 is 1.94 bits per heavy atom. The van der Waals surface area contributed by atoms with Crippen molar-refractivity contribution in [3.63, 3.8) is 0 Å². The number of carbonyl (C=O) groups is 1. The standard InChI is InChI=1S/C25H25N3O5S/c1-16-12-18-13-17(8-9-22(18)33-16)25(29)27-10-11-28-21(14-27)20(15-34(3,30)31)26-24(28)19-6-4-5-7-23(19)32-2/h4-9,12-13H,10-11,14-15H2,1-3H3. The van der Waals surface area contributed by atoms with Crippen LogP contribution >= 0.6 is 0 Å². The van der Waals surface area contributed by atoms with Crippen molar-refractivity contribution >= 4 is 26.7 Å². The van der Waals surface area contributed by atoms with E-state index in [-0.39, 0.29) is 18.2 Å². The monoisotopic (exact) mass is 479 g/mol. The number of imidazole rings is 1. The van der Waals surface area contributed by atoms with Crippen LogP contribution in [0.25, 0.3) is 22.4 Å². The van der Waals surface area contributed by atoms with Gasteiger partial charge in [0.15, 0.2) is 9.84 Å². The molecule has 0 saturated carbocycles. The maximum atomic E-state index is 13.4. The molecule has 1 aliphatic rings. The average Bonchev–Trinajstić information content (AvgIpc) is 3.35. The molecular weight excluding hydrogens is 454 g/mol. The summed E-state index contributed by atoms with van der Waals surface area (Å²) in [5.41, 5.74) is 3.28. The number of aromatic nitrogens is 2. The summed E-state index contributed by atoms with van der Waals surface area (Å²) in [4.78, 5) is 19.8. The van der Waals surface area contributed by atoms with E-state index in [1.807, 2.05) is 47.9 Å². The lowest BCUT2D eigenvalue weighted by Gasteiger charge is -2.30. The Labute approximate surface area is 197 Å². The molecule has 0 atom stereocenters. The maximum absolute atomic E-state index is 13.4. The first-order chi connectivity index (χ1) is 16.2. The highest BCUT2D eigenvalue weighted by molar-refractivity contribution is 7.89. The number of para-hydroxylation sites is 1. The number of sulfone groups is 1. The van der Waals surface area contributed by atoms with Gasteiger partial charge in [-0.3, -0.25) is 4.79 Å². The molecule has 9 heteroatoms. The number of methoxy groups -OCH3 is 1. The Bertz CT molecular complexity index is 1520. The van der Waals surface area contributed by atoms with E-state index < -0.39 is 9.84 Å². The van der Waals surface area contributed by atoms with Crippen LogP contribution in [0.3, 0.4) is 0 Å². The lowest BCUT2D eigenvalue weighted by molar-refractivity contribution is 0.0711. The van der Waals surface area contributed by atoms with Crippen LogP contribution in [-0.4, -0.2) is 48.7 Å². The van der Waals surface area contributed by atoms with Gasteiger partial charge in [0.2, 0.25) is 0 Å². The molecule has 8 nitrogen and oxygen atoms in total. The first kappa shape index (κ1) is 22.2. The van der Waals surface area contributed by atoms with E-state index in [0.29, 0.717) is 35.9 Å². The van der Waals surface area contributed by atoms with E-state index in [1.165, 1.54) is 6.26 Å². The van der Waals surface area contributed by atoms with Gasteiger partial charge >= 0.3 is 0 Å². The molecule has 1 aliphatic heterocycles. The van der Waals surface area contributed by atoms with Gasteiger partial charge in [0.25, 0.3) is 5.91 Å². The second kappa shape index (κ2) is 8.32. The van der Waals surface area contributed by atoms with Gasteiger partial charge in [-0.1, -0.05) is 12.1 Å². The van der Waals surface area contributed by atoms with Crippen LogP contribution in [0, 0.1) is 6.92 Å². The number of carbonyl (C=O) groups excluding carboxylic acids is 1. The molecule has 0 bridgehead atoms. The number of aryl methyl sites for hydroxylation is 1. The van der Waals surface area contributed by atoms with E-state index in [9.17, 15) is 13.2 Å². The molecule has 176 valence electrons. The zero-order valence-corrected chi connectivity index (χ0v) is 20.1. The number of hydrogen-bond donors (Lipinski definition) is 0. The number of amides is 1. The molecule has 0 N–H and O–H groups in total. The first-order valence-electron chi connectivity index (χ1n) is 10.9. The zero-order chi connectivity index (χ0) is 24.0. The van der Waals surface area contributed by atoms with Crippen molar-refractivity contribution in [2.75, 3.05) is 19.9 Å². The fourth-order valence-electron chi connectivity index (χ4n) is 4.50. The Morgan fingerprint density at radius 3 is 2.71 bits per heavy atom. The molecule has 0 fully saturated rings. The molecule has 4 aromatic rings.